The van der Waals surface area contributed by atoms with Crippen LogP contribution >= 0.6 is 23.5 Å². The summed E-state index contributed by atoms with van der Waals surface area (Å²) in [5.41, 5.74) is 11.0. The van der Waals surface area contributed by atoms with Crippen LogP contribution in [0.2, 0.25) is 0 Å². The molecule has 1 aliphatic rings. The molecule has 13 N–H and O–H groups in total. The van der Waals surface area contributed by atoms with Gasteiger partial charge in [-0.3, -0.25) is 43.2 Å². The van der Waals surface area contributed by atoms with Crippen molar-refractivity contribution >= 4 is 76.8 Å². The topological polar surface area (TPSA) is 347 Å². The van der Waals surface area contributed by atoms with Gasteiger partial charge in [-0.05, 0) is 25.0 Å². The van der Waals surface area contributed by atoms with Crippen molar-refractivity contribution in [3.8, 4) is 0 Å². The Bertz CT molecular complexity index is 1870. The van der Waals surface area contributed by atoms with Gasteiger partial charge < -0.3 is 58.5 Å². The average molecular weight is 926 g/mol. The molecule has 0 bridgehead atoms. The second kappa shape index (κ2) is 25.4. The molecule has 2 aromatic rings. The fourth-order valence-corrected chi connectivity index (χ4v) is 9.27. The minimum atomic E-state index is -1.47. The number of carbonyl (C=O) groups is 9. The third kappa shape index (κ3) is 16.5. The zero-order chi connectivity index (χ0) is 46.8. The molecule has 2 aromatic carbocycles. The SMILES string of the molecule is N[C@@H](CCC(=O)N[C@@H](CSC(c1ccccc1F)C1CNCC(C(SC[C@H](NC(=O)CC[C@H](N)C(=O)O)C(=O)NCC(=O)O)c2ccccc2F)C1=O)C(=O)NCC(=O)O)C(=O)O. The number of carboxylic acids is 4. The summed E-state index contributed by atoms with van der Waals surface area (Å²) in [6.45, 7) is -1.77. The lowest BCUT2D eigenvalue weighted by Gasteiger charge is -2.38. The Labute approximate surface area is 367 Å². The van der Waals surface area contributed by atoms with Gasteiger partial charge in [0.2, 0.25) is 23.6 Å². The van der Waals surface area contributed by atoms with E-state index in [4.69, 9.17) is 31.9 Å². The first-order chi connectivity index (χ1) is 29.8. The number of ketones is 1. The Hall–Kier alpha value is -5.69. The van der Waals surface area contributed by atoms with E-state index in [-0.39, 0.29) is 48.6 Å². The van der Waals surface area contributed by atoms with Crippen LogP contribution in [0.3, 0.4) is 0 Å². The van der Waals surface area contributed by atoms with E-state index in [9.17, 15) is 43.2 Å². The molecular weight excluding hydrogens is 877 g/mol. The summed E-state index contributed by atoms with van der Waals surface area (Å²) in [4.78, 5) is 112. The molecule has 0 radical (unpaired) electrons. The van der Waals surface area contributed by atoms with E-state index in [0.29, 0.717) is 0 Å². The Kier molecular flexibility index (Phi) is 20.8. The van der Waals surface area contributed by atoms with Crippen molar-refractivity contribution < 1.29 is 72.4 Å². The molecule has 1 fully saturated rings. The first kappa shape index (κ1) is 51.7. The molecule has 4 amide bonds. The van der Waals surface area contributed by atoms with Gasteiger partial charge in [-0.2, -0.15) is 23.5 Å². The molecule has 0 aromatic heterocycles. The summed E-state index contributed by atoms with van der Waals surface area (Å²) >= 11 is 1.76. The van der Waals surface area contributed by atoms with E-state index in [0.717, 1.165) is 35.7 Å². The summed E-state index contributed by atoms with van der Waals surface area (Å²) in [6.07, 6.45) is -1.46. The monoisotopic (exact) mass is 925 g/mol. The van der Waals surface area contributed by atoms with Gasteiger partial charge in [0.15, 0.2) is 0 Å². The Morgan fingerprint density at radius 2 is 1.02 bits per heavy atom. The second-order valence-electron chi connectivity index (χ2n) is 14.3. The van der Waals surface area contributed by atoms with Gasteiger partial charge in [0, 0.05) is 70.9 Å². The molecule has 1 saturated heterocycles. The first-order valence-electron chi connectivity index (χ1n) is 19.3. The summed E-state index contributed by atoms with van der Waals surface area (Å²) < 4.78 is 31.3. The highest BCUT2D eigenvalue weighted by Crippen LogP contribution is 2.45. The summed E-state index contributed by atoms with van der Waals surface area (Å²) in [5.74, 6) is -14.0. The van der Waals surface area contributed by atoms with Crippen LogP contribution in [0.15, 0.2) is 48.5 Å². The highest BCUT2D eigenvalue weighted by molar-refractivity contribution is 7.99. The fraction of sp³-hybridized carbons (Fsp3) is 0.462. The number of hydrogen-bond acceptors (Lipinski definition) is 14. The minimum absolute atomic E-state index is 0.0161. The molecule has 0 saturated carbocycles. The first-order valence-corrected chi connectivity index (χ1v) is 21.4. The normalized spacial score (nSPS) is 17.7. The number of aliphatic carboxylic acids is 4. The number of carboxylic acid groups (broad SMARTS) is 4. The third-order valence-corrected chi connectivity index (χ3v) is 12.6. The molecule has 8 atom stereocenters. The molecule has 0 aliphatic carbocycles. The maximum absolute atomic E-state index is 15.7. The highest BCUT2D eigenvalue weighted by atomic mass is 32.2. The van der Waals surface area contributed by atoms with Gasteiger partial charge >= 0.3 is 23.9 Å². The van der Waals surface area contributed by atoms with Crippen LogP contribution in [0.5, 0.6) is 0 Å². The van der Waals surface area contributed by atoms with Gasteiger partial charge in [0.05, 0.1) is 0 Å². The lowest BCUT2D eigenvalue weighted by molar-refractivity contribution is -0.140. The number of nitrogens with two attached hydrogens (primary N) is 2. The molecule has 344 valence electrons. The molecule has 20 nitrogen and oxygen atoms in total. The van der Waals surface area contributed by atoms with E-state index >= 15 is 8.78 Å². The number of carbonyl (C=O) groups excluding carboxylic acids is 5. The zero-order valence-corrected chi connectivity index (χ0v) is 35.1. The summed E-state index contributed by atoms with van der Waals surface area (Å²) in [5, 5.41) is 46.6. The van der Waals surface area contributed by atoms with Crippen LogP contribution in [0.4, 0.5) is 8.78 Å². The van der Waals surface area contributed by atoms with Crippen molar-refractivity contribution in [3.05, 3.63) is 71.3 Å². The maximum atomic E-state index is 15.7. The van der Waals surface area contributed by atoms with Crippen molar-refractivity contribution in [3.63, 3.8) is 0 Å². The van der Waals surface area contributed by atoms with Crippen molar-refractivity contribution in [2.45, 2.75) is 60.4 Å². The lowest BCUT2D eigenvalue weighted by atomic mass is 9.81. The highest BCUT2D eigenvalue weighted by Gasteiger charge is 2.43. The molecule has 1 heterocycles. The van der Waals surface area contributed by atoms with Gasteiger partial charge in [-0.15, -0.1) is 0 Å². The van der Waals surface area contributed by atoms with Gasteiger partial charge in [-0.25, -0.2) is 8.78 Å². The number of rotatable bonds is 26. The number of benzene rings is 2. The Balaban J connectivity index is 1.99. The molecule has 0 spiro atoms. The Morgan fingerprint density at radius 3 is 1.35 bits per heavy atom. The number of halogens is 2. The minimum Gasteiger partial charge on any atom is -0.480 e. The van der Waals surface area contributed by atoms with Gasteiger partial charge in [-0.1, -0.05) is 36.4 Å². The smallest absolute Gasteiger partial charge is 0.322 e. The van der Waals surface area contributed by atoms with Crippen molar-refractivity contribution in [1.29, 1.82) is 0 Å². The standard InChI is InChI=1S/C39H49F2N7O13S2/c40-23-7-3-1-5-19(23)34(62-17-27(36(56)45-15-31(51)52)47-29(49)11-9-25(42)38(58)59)21-13-44-14-22(33(21)55)35(20-6-2-4-8-24(20)41)63-18-28(37(57)46-16-32(53)54)48-30(50)12-10-26(43)39(60)61/h1-8,21-22,25-28,34-35,44H,9-18,42-43H2,(H,45,56)(H,46,57)(H,47,49)(H,48,50)(H,51,52)(H,53,54)(H,58,59)(H,60,61)/t21?,22?,25-,26-,27-,28-,34?,35?/m0/s1. The van der Waals surface area contributed by atoms with Crippen LogP contribution in [0.1, 0.15) is 47.3 Å². The van der Waals surface area contributed by atoms with E-state index in [1.807, 2.05) is 0 Å². The fourth-order valence-electron chi connectivity index (χ4n) is 6.33. The molecule has 24 heteroatoms. The van der Waals surface area contributed by atoms with Gasteiger partial charge in [0.25, 0.3) is 0 Å². The molecular formula is C39H49F2N7O13S2. The average Bonchev–Trinajstić information content (AvgIpc) is 3.23. The Morgan fingerprint density at radius 1 is 0.651 bits per heavy atom. The number of hydrogen-bond donors (Lipinski definition) is 11. The summed E-state index contributed by atoms with van der Waals surface area (Å²) in [6, 6.07) is 5.18. The summed E-state index contributed by atoms with van der Waals surface area (Å²) in [7, 11) is 0. The molecule has 3 rings (SSSR count). The molecule has 63 heavy (non-hydrogen) atoms. The molecule has 1 aliphatic heterocycles. The van der Waals surface area contributed by atoms with E-state index in [1.54, 1.807) is 0 Å². The predicted octanol–water partition coefficient (Wildman–Crippen LogP) is -0.626. The second-order valence-corrected chi connectivity index (χ2v) is 16.6. The maximum Gasteiger partial charge on any atom is 0.322 e. The van der Waals surface area contributed by atoms with Crippen LogP contribution in [-0.2, 0) is 43.2 Å². The number of thioether (sulfide) groups is 2. The quantitative estimate of drug-likeness (QED) is 0.0560. The van der Waals surface area contributed by atoms with E-state index in [2.05, 4.69) is 26.6 Å². The number of Topliss-reactive ketones (excluding diaryl/α,β-unsaturated/α-hetero) is 1. The van der Waals surface area contributed by atoms with Crippen LogP contribution < -0.4 is 38.1 Å². The number of amides is 4. The van der Waals surface area contributed by atoms with Crippen LogP contribution in [0, 0.1) is 23.5 Å². The van der Waals surface area contributed by atoms with Crippen molar-refractivity contribution in [2.75, 3.05) is 37.7 Å². The lowest BCUT2D eigenvalue weighted by Crippen LogP contribution is -2.51. The van der Waals surface area contributed by atoms with Crippen molar-refractivity contribution in [1.82, 2.24) is 26.6 Å². The largest absolute Gasteiger partial charge is 0.480 e. The van der Waals surface area contributed by atoms with E-state index in [1.165, 1.54) is 36.4 Å². The molecule has 4 unspecified atom stereocenters. The van der Waals surface area contributed by atoms with Crippen molar-refractivity contribution in [2.24, 2.45) is 23.3 Å². The number of piperidine rings is 1. The van der Waals surface area contributed by atoms with Crippen LogP contribution in [0.25, 0.3) is 0 Å². The predicted molar refractivity (Wildman–Crippen MR) is 223 cm³/mol. The van der Waals surface area contributed by atoms with E-state index < -0.39 is 137 Å². The third-order valence-electron chi connectivity index (χ3n) is 9.63. The zero-order valence-electron chi connectivity index (χ0n) is 33.5. The van der Waals surface area contributed by atoms with Crippen LogP contribution in [-0.4, -0.2) is 136 Å². The number of nitrogens with one attached hydrogen (secondary N) is 5. The van der Waals surface area contributed by atoms with Gasteiger partial charge in [0.1, 0.15) is 54.7 Å².